The van der Waals surface area contributed by atoms with Crippen molar-refractivity contribution in [3.63, 3.8) is 0 Å². The van der Waals surface area contributed by atoms with Crippen molar-refractivity contribution in [2.24, 2.45) is 5.84 Å². The van der Waals surface area contributed by atoms with Crippen molar-refractivity contribution in [3.05, 3.63) is 22.4 Å². The second kappa shape index (κ2) is 5.45. The Morgan fingerprint density at radius 2 is 2.27 bits per heavy atom. The minimum atomic E-state index is -4.30. The standard InChI is InChI=1S/C8H11F3N2OS/c9-8(10,11)5-14-4-6(13-12)7-2-1-3-15-7/h1-3,6,13H,4-5,12H2. The van der Waals surface area contributed by atoms with Crippen LogP contribution < -0.4 is 11.3 Å². The molecule has 0 amide bonds. The molecule has 0 spiro atoms. The number of nitrogens with one attached hydrogen (secondary N) is 1. The van der Waals surface area contributed by atoms with Crippen molar-refractivity contribution in [2.45, 2.75) is 12.2 Å². The Balaban J connectivity index is 2.36. The lowest BCUT2D eigenvalue weighted by Crippen LogP contribution is -2.32. The lowest BCUT2D eigenvalue weighted by Gasteiger charge is -2.15. The van der Waals surface area contributed by atoms with Crippen LogP contribution in [0.3, 0.4) is 0 Å². The van der Waals surface area contributed by atoms with Gasteiger partial charge in [-0.2, -0.15) is 13.2 Å². The highest BCUT2D eigenvalue weighted by atomic mass is 32.1. The predicted molar refractivity (Wildman–Crippen MR) is 51.3 cm³/mol. The number of hydrogen-bond donors (Lipinski definition) is 2. The average molecular weight is 240 g/mol. The Bertz CT molecular complexity index is 276. The molecular formula is C8H11F3N2OS. The van der Waals surface area contributed by atoms with E-state index in [2.05, 4.69) is 10.2 Å². The van der Waals surface area contributed by atoms with Crippen molar-refractivity contribution < 1.29 is 17.9 Å². The molecule has 1 heterocycles. The minimum Gasteiger partial charge on any atom is -0.370 e. The number of ether oxygens (including phenoxy) is 1. The van der Waals surface area contributed by atoms with Crippen LogP contribution in [0.2, 0.25) is 0 Å². The number of rotatable bonds is 5. The number of nitrogens with two attached hydrogens (primary N) is 1. The summed E-state index contributed by atoms with van der Waals surface area (Å²) in [5.41, 5.74) is 2.41. The van der Waals surface area contributed by atoms with Crippen LogP contribution in [0, 0.1) is 0 Å². The number of halogens is 3. The largest absolute Gasteiger partial charge is 0.411 e. The van der Waals surface area contributed by atoms with Crippen LogP contribution in [0.25, 0.3) is 0 Å². The van der Waals surface area contributed by atoms with E-state index in [1.54, 1.807) is 12.1 Å². The molecule has 3 N–H and O–H groups in total. The summed E-state index contributed by atoms with van der Waals surface area (Å²) in [4.78, 5) is 0.847. The molecule has 1 atom stereocenters. The molecule has 0 fully saturated rings. The Labute approximate surface area is 89.0 Å². The second-order valence-electron chi connectivity index (χ2n) is 2.86. The summed E-state index contributed by atoms with van der Waals surface area (Å²) in [7, 11) is 0. The van der Waals surface area contributed by atoms with Gasteiger partial charge in [-0.25, -0.2) is 5.43 Å². The molecule has 86 valence electrons. The predicted octanol–water partition coefficient (Wildman–Crippen LogP) is 1.83. The number of thiophene rings is 1. The van der Waals surface area contributed by atoms with Crippen LogP contribution in [0.1, 0.15) is 10.9 Å². The third kappa shape index (κ3) is 4.61. The van der Waals surface area contributed by atoms with Crippen molar-refractivity contribution >= 4 is 11.3 Å². The highest BCUT2D eigenvalue weighted by Gasteiger charge is 2.28. The first-order valence-corrected chi connectivity index (χ1v) is 5.05. The number of hydrogen-bond acceptors (Lipinski definition) is 4. The Hall–Kier alpha value is -0.630. The molecule has 0 aliphatic rings. The van der Waals surface area contributed by atoms with Gasteiger partial charge in [-0.1, -0.05) is 6.07 Å². The van der Waals surface area contributed by atoms with Crippen LogP contribution in [0.4, 0.5) is 13.2 Å². The summed E-state index contributed by atoms with van der Waals surface area (Å²) in [6, 6.07) is 3.19. The fourth-order valence-corrected chi connectivity index (χ4v) is 1.77. The minimum absolute atomic E-state index is 0.101. The van der Waals surface area contributed by atoms with Crippen LogP contribution >= 0.6 is 11.3 Å². The summed E-state index contributed by atoms with van der Waals surface area (Å²) in [5, 5.41) is 1.82. The molecule has 3 nitrogen and oxygen atoms in total. The fourth-order valence-electron chi connectivity index (χ4n) is 0.994. The molecule has 1 unspecified atom stereocenters. The first kappa shape index (κ1) is 12.4. The molecule has 0 radical (unpaired) electrons. The fraction of sp³-hybridized carbons (Fsp3) is 0.500. The van der Waals surface area contributed by atoms with Gasteiger partial charge in [-0.3, -0.25) is 5.84 Å². The van der Waals surface area contributed by atoms with Crippen LogP contribution in [0.15, 0.2) is 17.5 Å². The van der Waals surface area contributed by atoms with Crippen LogP contribution in [0.5, 0.6) is 0 Å². The van der Waals surface area contributed by atoms with Crippen LogP contribution in [-0.2, 0) is 4.74 Å². The third-order valence-electron chi connectivity index (χ3n) is 1.64. The smallest absolute Gasteiger partial charge is 0.370 e. The highest BCUT2D eigenvalue weighted by Crippen LogP contribution is 2.20. The molecule has 7 heteroatoms. The monoisotopic (exact) mass is 240 g/mol. The lowest BCUT2D eigenvalue weighted by atomic mass is 10.3. The van der Waals surface area contributed by atoms with Gasteiger partial charge in [0.25, 0.3) is 0 Å². The van der Waals surface area contributed by atoms with Crippen molar-refractivity contribution in [1.82, 2.24) is 5.43 Å². The Morgan fingerprint density at radius 3 is 2.73 bits per heavy atom. The normalized spacial score (nSPS) is 14.1. The van der Waals surface area contributed by atoms with Crippen molar-refractivity contribution in [2.75, 3.05) is 13.2 Å². The van der Waals surface area contributed by atoms with E-state index < -0.39 is 18.8 Å². The zero-order valence-electron chi connectivity index (χ0n) is 7.75. The topological polar surface area (TPSA) is 47.3 Å². The van der Waals surface area contributed by atoms with Gasteiger partial charge in [0.2, 0.25) is 0 Å². The molecule has 15 heavy (non-hydrogen) atoms. The van der Waals surface area contributed by atoms with Gasteiger partial charge in [0.05, 0.1) is 12.6 Å². The zero-order chi connectivity index (χ0) is 11.3. The van der Waals surface area contributed by atoms with Gasteiger partial charge in [0, 0.05) is 4.88 Å². The van der Waals surface area contributed by atoms with Gasteiger partial charge < -0.3 is 4.74 Å². The van der Waals surface area contributed by atoms with Crippen LogP contribution in [-0.4, -0.2) is 19.4 Å². The van der Waals surface area contributed by atoms with Crippen molar-refractivity contribution in [3.8, 4) is 0 Å². The Kier molecular flexibility index (Phi) is 4.52. The van der Waals surface area contributed by atoms with E-state index in [9.17, 15) is 13.2 Å². The van der Waals surface area contributed by atoms with E-state index in [0.29, 0.717) is 0 Å². The maximum absolute atomic E-state index is 11.8. The summed E-state index contributed by atoms with van der Waals surface area (Å²) >= 11 is 1.41. The zero-order valence-corrected chi connectivity index (χ0v) is 8.57. The molecule has 0 aliphatic carbocycles. The first-order valence-electron chi connectivity index (χ1n) is 4.17. The lowest BCUT2D eigenvalue weighted by molar-refractivity contribution is -0.175. The number of hydrazine groups is 1. The average Bonchev–Trinajstić information content (AvgIpc) is 2.63. The van der Waals surface area contributed by atoms with Crippen molar-refractivity contribution in [1.29, 1.82) is 0 Å². The molecule has 0 saturated heterocycles. The SMILES string of the molecule is NNC(COCC(F)(F)F)c1cccs1. The molecule has 1 aromatic rings. The summed E-state index contributed by atoms with van der Waals surface area (Å²) in [6.45, 7) is -1.35. The van der Waals surface area contributed by atoms with Gasteiger partial charge in [0.1, 0.15) is 6.61 Å². The van der Waals surface area contributed by atoms with E-state index in [4.69, 9.17) is 5.84 Å². The van der Waals surface area contributed by atoms with Gasteiger partial charge in [0.15, 0.2) is 0 Å². The molecule has 0 saturated carbocycles. The Morgan fingerprint density at radius 1 is 1.53 bits per heavy atom. The molecule has 0 aromatic carbocycles. The molecule has 0 aliphatic heterocycles. The third-order valence-corrected chi connectivity index (χ3v) is 2.62. The molecule has 1 aromatic heterocycles. The summed E-state index contributed by atoms with van der Waals surface area (Å²) in [5.74, 6) is 5.21. The molecule has 0 bridgehead atoms. The highest BCUT2D eigenvalue weighted by molar-refractivity contribution is 7.10. The van der Waals surface area contributed by atoms with E-state index in [1.807, 2.05) is 5.38 Å². The maximum Gasteiger partial charge on any atom is 0.411 e. The second-order valence-corrected chi connectivity index (χ2v) is 3.84. The molecular weight excluding hydrogens is 229 g/mol. The summed E-state index contributed by atoms with van der Waals surface area (Å²) in [6.07, 6.45) is -4.30. The van der Waals surface area contributed by atoms with Gasteiger partial charge in [-0.15, -0.1) is 11.3 Å². The van der Waals surface area contributed by atoms with E-state index in [-0.39, 0.29) is 6.61 Å². The quantitative estimate of drug-likeness (QED) is 0.609. The van der Waals surface area contributed by atoms with E-state index in [0.717, 1.165) is 4.88 Å². The summed E-state index contributed by atoms with van der Waals surface area (Å²) < 4.78 is 39.8. The molecule has 1 rings (SSSR count). The maximum atomic E-state index is 11.8. The van der Waals surface area contributed by atoms with E-state index in [1.165, 1.54) is 11.3 Å². The van der Waals surface area contributed by atoms with E-state index >= 15 is 0 Å². The first-order chi connectivity index (χ1) is 7.03. The van der Waals surface area contributed by atoms with Gasteiger partial charge >= 0.3 is 6.18 Å². The van der Waals surface area contributed by atoms with Gasteiger partial charge in [-0.05, 0) is 11.4 Å². The number of alkyl halides is 3.